The molecule has 0 spiro atoms. The highest BCUT2D eigenvalue weighted by Crippen LogP contribution is 2.35. The van der Waals surface area contributed by atoms with Gasteiger partial charge in [-0.3, -0.25) is 14.5 Å². The minimum absolute atomic E-state index is 0.0328. The van der Waals surface area contributed by atoms with E-state index < -0.39 is 12.1 Å². The van der Waals surface area contributed by atoms with Crippen molar-refractivity contribution < 1.29 is 24.2 Å². The summed E-state index contributed by atoms with van der Waals surface area (Å²) in [6, 6.07) is 12.1. The summed E-state index contributed by atoms with van der Waals surface area (Å²) in [7, 11) is 0. The quantitative estimate of drug-likeness (QED) is 0.884. The highest BCUT2D eigenvalue weighted by molar-refractivity contribution is 6.07. The summed E-state index contributed by atoms with van der Waals surface area (Å²) in [6.45, 7) is 2.03. The maximum atomic E-state index is 13.1. The lowest BCUT2D eigenvalue weighted by atomic mass is 10.0. The maximum Gasteiger partial charge on any atom is 0.335 e. The standard InChI is InChI=1S/C21H20N2O5/c1-13-20(25)23(17-11-15(21(26)27)8-9-18(17)28-13)12-19(24)22-10-4-6-14-5-2-3-7-16(14)22/h2-3,5,7-9,11,13H,4,6,10,12H2,1H3,(H,26,27). The summed E-state index contributed by atoms with van der Waals surface area (Å²) < 4.78 is 5.58. The van der Waals surface area contributed by atoms with Crippen molar-refractivity contribution in [2.24, 2.45) is 0 Å². The van der Waals surface area contributed by atoms with Crippen molar-refractivity contribution in [1.29, 1.82) is 0 Å². The van der Waals surface area contributed by atoms with Gasteiger partial charge in [0.15, 0.2) is 6.10 Å². The molecule has 7 heteroatoms. The average molecular weight is 380 g/mol. The van der Waals surface area contributed by atoms with Crippen LogP contribution < -0.4 is 14.5 Å². The maximum absolute atomic E-state index is 13.1. The zero-order valence-corrected chi connectivity index (χ0v) is 15.4. The molecule has 7 nitrogen and oxygen atoms in total. The molecule has 4 rings (SSSR count). The van der Waals surface area contributed by atoms with Crippen LogP contribution in [0, 0.1) is 0 Å². The number of para-hydroxylation sites is 1. The SMILES string of the molecule is CC1Oc2ccc(C(=O)O)cc2N(CC(=O)N2CCCc3ccccc32)C1=O. The van der Waals surface area contributed by atoms with E-state index in [1.807, 2.05) is 24.3 Å². The van der Waals surface area contributed by atoms with E-state index in [1.165, 1.54) is 23.1 Å². The molecule has 0 saturated carbocycles. The van der Waals surface area contributed by atoms with Gasteiger partial charge in [-0.25, -0.2) is 4.79 Å². The Balaban J connectivity index is 1.66. The van der Waals surface area contributed by atoms with Crippen LogP contribution in [0.2, 0.25) is 0 Å². The first-order valence-electron chi connectivity index (χ1n) is 9.19. The Morgan fingerprint density at radius 1 is 1.18 bits per heavy atom. The number of nitrogens with zero attached hydrogens (tertiary/aromatic N) is 2. The van der Waals surface area contributed by atoms with E-state index in [1.54, 1.807) is 11.8 Å². The molecule has 0 radical (unpaired) electrons. The number of hydrogen-bond donors (Lipinski definition) is 1. The molecule has 2 aliphatic rings. The van der Waals surface area contributed by atoms with Crippen LogP contribution >= 0.6 is 0 Å². The summed E-state index contributed by atoms with van der Waals surface area (Å²) in [5.74, 6) is -1.29. The molecular weight excluding hydrogens is 360 g/mol. The number of anilines is 2. The lowest BCUT2D eigenvalue weighted by molar-refractivity contribution is -0.127. The van der Waals surface area contributed by atoms with Crippen molar-refractivity contribution in [3.8, 4) is 5.75 Å². The van der Waals surface area contributed by atoms with Gasteiger partial charge in [0.2, 0.25) is 5.91 Å². The average Bonchev–Trinajstić information content (AvgIpc) is 2.70. The van der Waals surface area contributed by atoms with Gasteiger partial charge in [0.25, 0.3) is 5.91 Å². The molecule has 2 aromatic carbocycles. The summed E-state index contributed by atoms with van der Waals surface area (Å²) in [6.07, 6.45) is 1.03. The zero-order valence-electron chi connectivity index (χ0n) is 15.4. The Labute approximate surface area is 162 Å². The number of aromatic carboxylic acids is 1. The lowest BCUT2D eigenvalue weighted by Crippen LogP contribution is -2.50. The van der Waals surface area contributed by atoms with Gasteiger partial charge in [-0.15, -0.1) is 0 Å². The molecule has 144 valence electrons. The number of ether oxygens (including phenoxy) is 1. The van der Waals surface area contributed by atoms with E-state index in [2.05, 4.69) is 0 Å². The predicted octanol–water partition coefficient (Wildman–Crippen LogP) is 2.48. The Morgan fingerprint density at radius 2 is 1.96 bits per heavy atom. The second-order valence-corrected chi connectivity index (χ2v) is 6.95. The van der Waals surface area contributed by atoms with E-state index >= 15 is 0 Å². The van der Waals surface area contributed by atoms with Crippen LogP contribution in [-0.4, -0.2) is 42.1 Å². The first-order chi connectivity index (χ1) is 13.5. The summed E-state index contributed by atoms with van der Waals surface area (Å²) in [5.41, 5.74) is 2.32. The Morgan fingerprint density at radius 3 is 2.75 bits per heavy atom. The van der Waals surface area contributed by atoms with Gasteiger partial charge in [0.05, 0.1) is 11.3 Å². The lowest BCUT2D eigenvalue weighted by Gasteiger charge is -2.35. The van der Waals surface area contributed by atoms with Crippen molar-refractivity contribution in [1.82, 2.24) is 0 Å². The zero-order chi connectivity index (χ0) is 19.8. The molecule has 0 fully saturated rings. The minimum Gasteiger partial charge on any atom is -0.479 e. The third kappa shape index (κ3) is 3.09. The minimum atomic E-state index is -1.11. The van der Waals surface area contributed by atoms with Crippen LogP contribution in [-0.2, 0) is 16.0 Å². The van der Waals surface area contributed by atoms with Crippen molar-refractivity contribution in [2.45, 2.75) is 25.9 Å². The fourth-order valence-electron chi connectivity index (χ4n) is 3.72. The number of carboxylic acids is 1. The van der Waals surface area contributed by atoms with Crippen LogP contribution in [0.1, 0.15) is 29.3 Å². The third-order valence-electron chi connectivity index (χ3n) is 5.12. The monoisotopic (exact) mass is 380 g/mol. The number of rotatable bonds is 3. The van der Waals surface area contributed by atoms with Gasteiger partial charge in [-0.05, 0) is 49.6 Å². The van der Waals surface area contributed by atoms with Crippen molar-refractivity contribution in [3.63, 3.8) is 0 Å². The molecule has 1 atom stereocenters. The third-order valence-corrected chi connectivity index (χ3v) is 5.12. The molecule has 28 heavy (non-hydrogen) atoms. The molecule has 0 aliphatic carbocycles. The van der Waals surface area contributed by atoms with Crippen LogP contribution in [0.3, 0.4) is 0 Å². The van der Waals surface area contributed by atoms with Gasteiger partial charge in [0.1, 0.15) is 12.3 Å². The first kappa shape index (κ1) is 18.0. The largest absolute Gasteiger partial charge is 0.479 e. The molecular formula is C21H20N2O5. The molecule has 2 amide bonds. The van der Waals surface area contributed by atoms with Crippen molar-refractivity contribution in [3.05, 3.63) is 53.6 Å². The summed E-state index contributed by atoms with van der Waals surface area (Å²) in [4.78, 5) is 40.2. The number of benzene rings is 2. The molecule has 1 N–H and O–H groups in total. The van der Waals surface area contributed by atoms with E-state index in [4.69, 9.17) is 4.74 Å². The molecule has 2 heterocycles. The number of hydrogen-bond acceptors (Lipinski definition) is 4. The van der Waals surface area contributed by atoms with E-state index in [-0.39, 0.29) is 23.9 Å². The van der Waals surface area contributed by atoms with Gasteiger partial charge in [-0.1, -0.05) is 18.2 Å². The van der Waals surface area contributed by atoms with E-state index in [0.717, 1.165) is 24.1 Å². The number of carbonyl (C=O) groups is 3. The van der Waals surface area contributed by atoms with Crippen LogP contribution in [0.5, 0.6) is 5.75 Å². The Kier molecular flexibility index (Phi) is 4.50. The molecule has 1 unspecified atom stereocenters. The highest BCUT2D eigenvalue weighted by atomic mass is 16.5. The normalized spacial score (nSPS) is 18.2. The first-order valence-corrected chi connectivity index (χ1v) is 9.19. The Hall–Kier alpha value is -3.35. The van der Waals surface area contributed by atoms with Crippen LogP contribution in [0.25, 0.3) is 0 Å². The van der Waals surface area contributed by atoms with E-state index in [9.17, 15) is 19.5 Å². The predicted molar refractivity (Wildman–Crippen MR) is 103 cm³/mol. The molecule has 2 aromatic rings. The van der Waals surface area contributed by atoms with Gasteiger partial charge >= 0.3 is 5.97 Å². The van der Waals surface area contributed by atoms with Gasteiger partial charge in [0, 0.05) is 12.2 Å². The summed E-state index contributed by atoms with van der Waals surface area (Å²) in [5, 5.41) is 9.27. The van der Waals surface area contributed by atoms with Crippen LogP contribution in [0.15, 0.2) is 42.5 Å². The second-order valence-electron chi connectivity index (χ2n) is 6.95. The van der Waals surface area contributed by atoms with Crippen molar-refractivity contribution >= 4 is 29.2 Å². The number of fused-ring (bicyclic) bond motifs is 2. The molecule has 0 saturated heterocycles. The molecule has 0 aromatic heterocycles. The fourth-order valence-corrected chi connectivity index (χ4v) is 3.72. The number of carboxylic acid groups (broad SMARTS) is 1. The molecule has 2 aliphatic heterocycles. The fraction of sp³-hybridized carbons (Fsp3) is 0.286. The number of amides is 2. The van der Waals surface area contributed by atoms with Crippen LogP contribution in [0.4, 0.5) is 11.4 Å². The number of carbonyl (C=O) groups excluding carboxylic acids is 2. The van der Waals surface area contributed by atoms with E-state index in [0.29, 0.717) is 18.0 Å². The second kappa shape index (κ2) is 6.99. The van der Waals surface area contributed by atoms with Gasteiger partial charge < -0.3 is 14.7 Å². The van der Waals surface area contributed by atoms with Gasteiger partial charge in [-0.2, -0.15) is 0 Å². The Bertz CT molecular complexity index is 971. The topological polar surface area (TPSA) is 87.2 Å². The highest BCUT2D eigenvalue weighted by Gasteiger charge is 2.35. The molecule has 0 bridgehead atoms. The summed E-state index contributed by atoms with van der Waals surface area (Å²) >= 11 is 0. The van der Waals surface area contributed by atoms with Crippen molar-refractivity contribution in [2.75, 3.05) is 22.9 Å². The number of aryl methyl sites for hydroxylation is 1. The smallest absolute Gasteiger partial charge is 0.335 e.